The van der Waals surface area contributed by atoms with Gasteiger partial charge in [-0.1, -0.05) is 0 Å². The topological polar surface area (TPSA) is 80.0 Å². The molecule has 138 valence electrons. The van der Waals surface area contributed by atoms with Crippen LogP contribution in [-0.2, 0) is 11.3 Å². The molecule has 9 heteroatoms. The summed E-state index contributed by atoms with van der Waals surface area (Å²) in [7, 11) is 0. The Hall–Kier alpha value is -3.36. The Balaban J connectivity index is 1.33. The molecular formula is C18H18FN7O. The summed E-state index contributed by atoms with van der Waals surface area (Å²) in [5.74, 6) is 0.138. The van der Waals surface area contributed by atoms with Crippen molar-refractivity contribution in [2.75, 3.05) is 31.1 Å². The molecule has 0 unspecified atom stereocenters. The van der Waals surface area contributed by atoms with Crippen molar-refractivity contribution in [3.05, 3.63) is 54.6 Å². The molecule has 0 spiro atoms. The molecule has 3 aromatic rings. The Morgan fingerprint density at radius 1 is 1.07 bits per heavy atom. The molecule has 27 heavy (non-hydrogen) atoms. The van der Waals surface area contributed by atoms with Crippen LogP contribution in [0.15, 0.2) is 48.8 Å². The summed E-state index contributed by atoms with van der Waals surface area (Å²) in [5.41, 5.74) is 1.71. The number of hydrogen-bond acceptors (Lipinski definition) is 6. The predicted molar refractivity (Wildman–Crippen MR) is 96.2 cm³/mol. The number of aromatic nitrogens is 5. The molecule has 1 aliphatic heterocycles. The molecular weight excluding hydrogens is 349 g/mol. The van der Waals surface area contributed by atoms with E-state index in [2.05, 4.69) is 25.3 Å². The number of piperazine rings is 1. The monoisotopic (exact) mass is 367 g/mol. The minimum Gasteiger partial charge on any atom is -0.368 e. The number of pyridine rings is 1. The van der Waals surface area contributed by atoms with Crippen molar-refractivity contribution in [3.63, 3.8) is 0 Å². The van der Waals surface area contributed by atoms with Gasteiger partial charge in [-0.25, -0.2) is 4.39 Å². The SMILES string of the molecule is O=C(Cn1nnc(-c2cccnc2)n1)N1CCN(c2ccc(F)cc2)CC1. The van der Waals surface area contributed by atoms with Gasteiger partial charge in [-0.2, -0.15) is 4.80 Å². The largest absolute Gasteiger partial charge is 0.368 e. The number of benzene rings is 1. The molecule has 1 aliphatic rings. The van der Waals surface area contributed by atoms with E-state index in [4.69, 9.17) is 0 Å². The first-order valence-corrected chi connectivity index (χ1v) is 8.65. The van der Waals surface area contributed by atoms with Gasteiger partial charge in [0.2, 0.25) is 11.7 Å². The lowest BCUT2D eigenvalue weighted by Crippen LogP contribution is -2.49. The normalized spacial score (nSPS) is 14.4. The van der Waals surface area contributed by atoms with Crippen molar-refractivity contribution in [3.8, 4) is 11.4 Å². The van der Waals surface area contributed by atoms with Crippen LogP contribution in [0.25, 0.3) is 11.4 Å². The third-order valence-corrected chi connectivity index (χ3v) is 4.47. The van der Waals surface area contributed by atoms with Crippen LogP contribution in [0.2, 0.25) is 0 Å². The van der Waals surface area contributed by atoms with Gasteiger partial charge in [-0.05, 0) is 41.6 Å². The fraction of sp³-hybridized carbons (Fsp3) is 0.278. The predicted octanol–water partition coefficient (Wildman–Crippen LogP) is 1.22. The summed E-state index contributed by atoms with van der Waals surface area (Å²) >= 11 is 0. The molecule has 8 nitrogen and oxygen atoms in total. The lowest BCUT2D eigenvalue weighted by Gasteiger charge is -2.36. The van der Waals surface area contributed by atoms with Crippen LogP contribution in [-0.4, -0.2) is 62.2 Å². The van der Waals surface area contributed by atoms with E-state index in [1.807, 2.05) is 6.07 Å². The zero-order valence-corrected chi connectivity index (χ0v) is 14.6. The molecule has 4 rings (SSSR count). The molecule has 0 saturated carbocycles. The van der Waals surface area contributed by atoms with Crippen molar-refractivity contribution in [2.45, 2.75) is 6.54 Å². The molecule has 0 aliphatic carbocycles. The third kappa shape index (κ3) is 3.91. The first-order chi connectivity index (χ1) is 13.2. The number of nitrogens with zero attached hydrogens (tertiary/aromatic N) is 7. The average Bonchev–Trinajstić information content (AvgIpc) is 3.18. The Kier molecular flexibility index (Phi) is 4.73. The highest BCUT2D eigenvalue weighted by Crippen LogP contribution is 2.17. The van der Waals surface area contributed by atoms with Crippen LogP contribution >= 0.6 is 0 Å². The van der Waals surface area contributed by atoms with Crippen molar-refractivity contribution >= 4 is 11.6 Å². The summed E-state index contributed by atoms with van der Waals surface area (Å²) in [6, 6.07) is 10.0. The molecule has 1 amide bonds. The quantitative estimate of drug-likeness (QED) is 0.690. The molecule has 3 heterocycles. The average molecular weight is 367 g/mol. The Morgan fingerprint density at radius 2 is 1.85 bits per heavy atom. The summed E-state index contributed by atoms with van der Waals surface area (Å²) in [6.07, 6.45) is 3.32. The number of anilines is 1. The summed E-state index contributed by atoms with van der Waals surface area (Å²) in [6.45, 7) is 2.64. The molecule has 2 aromatic heterocycles. The summed E-state index contributed by atoms with van der Waals surface area (Å²) < 4.78 is 13.0. The van der Waals surface area contributed by atoms with E-state index in [-0.39, 0.29) is 18.3 Å². The highest BCUT2D eigenvalue weighted by Gasteiger charge is 2.22. The van der Waals surface area contributed by atoms with E-state index >= 15 is 0 Å². The number of tetrazole rings is 1. The van der Waals surface area contributed by atoms with E-state index in [0.717, 1.165) is 11.3 Å². The van der Waals surface area contributed by atoms with E-state index in [9.17, 15) is 9.18 Å². The lowest BCUT2D eigenvalue weighted by molar-refractivity contribution is -0.132. The van der Waals surface area contributed by atoms with Gasteiger partial charge in [0.05, 0.1) is 0 Å². The van der Waals surface area contributed by atoms with Crippen molar-refractivity contribution in [2.24, 2.45) is 0 Å². The van der Waals surface area contributed by atoms with Crippen LogP contribution in [0, 0.1) is 5.82 Å². The molecule has 1 saturated heterocycles. The number of carbonyl (C=O) groups is 1. The van der Waals surface area contributed by atoms with E-state index in [1.165, 1.54) is 16.9 Å². The first kappa shape index (κ1) is 17.1. The fourth-order valence-electron chi connectivity index (χ4n) is 3.01. The second-order valence-corrected chi connectivity index (χ2v) is 6.23. The van der Waals surface area contributed by atoms with Gasteiger partial charge in [-0.3, -0.25) is 9.78 Å². The highest BCUT2D eigenvalue weighted by atomic mass is 19.1. The molecule has 0 atom stereocenters. The molecule has 0 bridgehead atoms. The van der Waals surface area contributed by atoms with Crippen molar-refractivity contribution < 1.29 is 9.18 Å². The van der Waals surface area contributed by atoms with Crippen LogP contribution in [0.5, 0.6) is 0 Å². The van der Waals surface area contributed by atoms with Crippen LogP contribution < -0.4 is 4.90 Å². The van der Waals surface area contributed by atoms with E-state index in [0.29, 0.717) is 32.0 Å². The van der Waals surface area contributed by atoms with Crippen molar-refractivity contribution in [1.29, 1.82) is 0 Å². The molecule has 1 aromatic carbocycles. The van der Waals surface area contributed by atoms with Gasteiger partial charge in [0, 0.05) is 49.8 Å². The molecule has 1 fully saturated rings. The van der Waals surface area contributed by atoms with Gasteiger partial charge in [-0.15, -0.1) is 10.2 Å². The van der Waals surface area contributed by atoms with E-state index < -0.39 is 0 Å². The number of carbonyl (C=O) groups excluding carboxylic acids is 1. The maximum Gasteiger partial charge on any atom is 0.246 e. The number of hydrogen-bond donors (Lipinski definition) is 0. The molecule has 0 radical (unpaired) electrons. The van der Waals surface area contributed by atoms with E-state index in [1.54, 1.807) is 35.5 Å². The third-order valence-electron chi connectivity index (χ3n) is 4.47. The van der Waals surface area contributed by atoms with Crippen LogP contribution in [0.1, 0.15) is 0 Å². The Morgan fingerprint density at radius 3 is 2.56 bits per heavy atom. The van der Waals surface area contributed by atoms with Gasteiger partial charge < -0.3 is 9.80 Å². The number of halogens is 1. The minimum atomic E-state index is -0.251. The van der Waals surface area contributed by atoms with Crippen LogP contribution in [0.4, 0.5) is 10.1 Å². The minimum absolute atomic E-state index is 0.0454. The number of rotatable bonds is 4. The standard InChI is InChI=1S/C18H18FN7O/c19-15-3-5-16(6-4-15)24-8-10-25(11-9-24)17(27)13-26-22-18(21-23-26)14-2-1-7-20-12-14/h1-7,12H,8-11,13H2. The van der Waals surface area contributed by atoms with Gasteiger partial charge in [0.15, 0.2) is 0 Å². The Labute approximate surface area is 155 Å². The zero-order valence-electron chi connectivity index (χ0n) is 14.6. The fourth-order valence-corrected chi connectivity index (χ4v) is 3.01. The maximum atomic E-state index is 13.0. The summed E-state index contributed by atoms with van der Waals surface area (Å²) in [4.78, 5) is 21.8. The molecule has 0 N–H and O–H groups in total. The van der Waals surface area contributed by atoms with Crippen LogP contribution in [0.3, 0.4) is 0 Å². The zero-order chi connectivity index (χ0) is 18.6. The summed E-state index contributed by atoms with van der Waals surface area (Å²) in [5, 5.41) is 12.2. The number of amides is 1. The van der Waals surface area contributed by atoms with Gasteiger partial charge in [0.1, 0.15) is 12.4 Å². The second kappa shape index (κ2) is 7.48. The Bertz CT molecular complexity index is 905. The maximum absolute atomic E-state index is 13.0. The first-order valence-electron chi connectivity index (χ1n) is 8.65. The lowest BCUT2D eigenvalue weighted by atomic mass is 10.2. The second-order valence-electron chi connectivity index (χ2n) is 6.23. The van der Waals surface area contributed by atoms with Gasteiger partial charge in [0.25, 0.3) is 0 Å². The van der Waals surface area contributed by atoms with Gasteiger partial charge >= 0.3 is 0 Å². The smallest absolute Gasteiger partial charge is 0.246 e. The highest BCUT2D eigenvalue weighted by molar-refractivity contribution is 5.76. The van der Waals surface area contributed by atoms with Crippen molar-refractivity contribution in [1.82, 2.24) is 30.1 Å².